The molecule has 0 radical (unpaired) electrons. The standard InChI is InChI=1S/C17H18ClNO/c18-15-7-5-12(6-8-15)14-9-16(10-14)19-11-13-3-1-2-4-17(13)20/h1-8,14,16,19-20H,9-11H2. The van der Waals surface area contributed by atoms with Gasteiger partial charge in [0, 0.05) is 23.2 Å². The van der Waals surface area contributed by atoms with Crippen molar-refractivity contribution in [2.45, 2.75) is 31.3 Å². The van der Waals surface area contributed by atoms with Crippen LogP contribution in [0.1, 0.15) is 29.9 Å². The maximum Gasteiger partial charge on any atom is 0.120 e. The summed E-state index contributed by atoms with van der Waals surface area (Å²) in [7, 11) is 0. The Bertz CT molecular complexity index is 576. The van der Waals surface area contributed by atoms with Crippen molar-refractivity contribution in [2.75, 3.05) is 0 Å². The highest BCUT2D eigenvalue weighted by atomic mass is 35.5. The number of phenolic OH excluding ortho intramolecular Hbond substituents is 1. The van der Waals surface area contributed by atoms with Gasteiger partial charge in [0.1, 0.15) is 5.75 Å². The van der Waals surface area contributed by atoms with Gasteiger partial charge in [-0.25, -0.2) is 0 Å². The number of nitrogens with one attached hydrogen (secondary N) is 1. The van der Waals surface area contributed by atoms with Crippen molar-refractivity contribution < 1.29 is 5.11 Å². The predicted molar refractivity (Wildman–Crippen MR) is 82.2 cm³/mol. The topological polar surface area (TPSA) is 32.3 Å². The van der Waals surface area contributed by atoms with Crippen LogP contribution in [0.25, 0.3) is 0 Å². The Balaban J connectivity index is 1.49. The Morgan fingerprint density at radius 3 is 2.45 bits per heavy atom. The van der Waals surface area contributed by atoms with E-state index in [0.29, 0.717) is 17.7 Å². The van der Waals surface area contributed by atoms with Crippen molar-refractivity contribution in [3.63, 3.8) is 0 Å². The van der Waals surface area contributed by atoms with Gasteiger partial charge in [0.25, 0.3) is 0 Å². The molecule has 0 spiro atoms. The zero-order valence-electron chi connectivity index (χ0n) is 11.2. The van der Waals surface area contributed by atoms with Gasteiger partial charge in [0.15, 0.2) is 0 Å². The van der Waals surface area contributed by atoms with Crippen molar-refractivity contribution in [1.29, 1.82) is 0 Å². The van der Waals surface area contributed by atoms with Crippen molar-refractivity contribution in [2.24, 2.45) is 0 Å². The van der Waals surface area contributed by atoms with Gasteiger partial charge in [0.05, 0.1) is 0 Å². The second-order valence-electron chi connectivity index (χ2n) is 5.43. The molecule has 0 bridgehead atoms. The molecule has 1 saturated carbocycles. The Morgan fingerprint density at radius 1 is 1.05 bits per heavy atom. The summed E-state index contributed by atoms with van der Waals surface area (Å²) >= 11 is 5.90. The average Bonchev–Trinajstić information content (AvgIpc) is 2.41. The summed E-state index contributed by atoms with van der Waals surface area (Å²) in [6, 6.07) is 16.2. The zero-order valence-corrected chi connectivity index (χ0v) is 12.0. The fraction of sp³-hybridized carbons (Fsp3) is 0.294. The highest BCUT2D eigenvalue weighted by molar-refractivity contribution is 6.30. The van der Waals surface area contributed by atoms with E-state index in [-0.39, 0.29) is 0 Å². The third kappa shape index (κ3) is 2.97. The maximum atomic E-state index is 9.72. The normalized spacial score (nSPS) is 21.4. The van der Waals surface area contributed by atoms with E-state index in [2.05, 4.69) is 17.4 Å². The van der Waals surface area contributed by atoms with E-state index in [9.17, 15) is 5.11 Å². The number of benzene rings is 2. The van der Waals surface area contributed by atoms with Gasteiger partial charge in [-0.15, -0.1) is 0 Å². The van der Waals surface area contributed by atoms with Gasteiger partial charge < -0.3 is 10.4 Å². The van der Waals surface area contributed by atoms with E-state index in [4.69, 9.17) is 11.6 Å². The lowest BCUT2D eigenvalue weighted by Crippen LogP contribution is -2.39. The summed E-state index contributed by atoms with van der Waals surface area (Å²) in [6.45, 7) is 0.727. The lowest BCUT2D eigenvalue weighted by Gasteiger charge is -2.36. The zero-order chi connectivity index (χ0) is 13.9. The van der Waals surface area contributed by atoms with Crippen LogP contribution in [0.15, 0.2) is 48.5 Å². The second kappa shape index (κ2) is 5.86. The molecule has 0 saturated heterocycles. The molecule has 2 N–H and O–H groups in total. The molecule has 104 valence electrons. The lowest BCUT2D eigenvalue weighted by atomic mass is 9.76. The fourth-order valence-corrected chi connectivity index (χ4v) is 2.83. The summed E-state index contributed by atoms with van der Waals surface area (Å²) in [5.41, 5.74) is 2.33. The maximum absolute atomic E-state index is 9.72. The first-order valence-corrected chi connectivity index (χ1v) is 7.36. The third-order valence-electron chi connectivity index (χ3n) is 4.05. The number of para-hydroxylation sites is 1. The van der Waals surface area contributed by atoms with Crippen molar-refractivity contribution in [3.05, 3.63) is 64.7 Å². The Hall–Kier alpha value is -1.51. The number of halogens is 1. The van der Waals surface area contributed by atoms with Crippen LogP contribution < -0.4 is 5.32 Å². The number of phenols is 1. The van der Waals surface area contributed by atoms with E-state index < -0.39 is 0 Å². The van der Waals surface area contributed by atoms with Crippen molar-refractivity contribution in [1.82, 2.24) is 5.32 Å². The lowest BCUT2D eigenvalue weighted by molar-refractivity contribution is 0.288. The Labute approximate surface area is 124 Å². The largest absolute Gasteiger partial charge is 0.508 e. The van der Waals surface area contributed by atoms with E-state index in [0.717, 1.165) is 30.0 Å². The first-order chi connectivity index (χ1) is 9.72. The molecular formula is C17H18ClNO. The first-order valence-electron chi connectivity index (χ1n) is 6.98. The molecule has 1 fully saturated rings. The number of hydrogen-bond acceptors (Lipinski definition) is 2. The molecule has 2 aromatic carbocycles. The van der Waals surface area contributed by atoms with Gasteiger partial charge in [0.2, 0.25) is 0 Å². The Morgan fingerprint density at radius 2 is 1.75 bits per heavy atom. The van der Waals surface area contributed by atoms with E-state index in [1.165, 1.54) is 5.56 Å². The monoisotopic (exact) mass is 287 g/mol. The minimum atomic E-state index is 0.369. The molecule has 3 heteroatoms. The summed E-state index contributed by atoms with van der Waals surface area (Å²) < 4.78 is 0. The molecule has 0 atom stereocenters. The molecule has 3 rings (SSSR count). The predicted octanol–water partition coefficient (Wildman–Crippen LogP) is 4.08. The first kappa shape index (κ1) is 13.5. The molecule has 2 aromatic rings. The quantitative estimate of drug-likeness (QED) is 0.888. The van der Waals surface area contributed by atoms with Gasteiger partial charge >= 0.3 is 0 Å². The van der Waals surface area contributed by atoms with Gasteiger partial charge in [-0.1, -0.05) is 41.9 Å². The highest BCUT2D eigenvalue weighted by Gasteiger charge is 2.29. The summed E-state index contributed by atoms with van der Waals surface area (Å²) in [6.07, 6.45) is 2.30. The van der Waals surface area contributed by atoms with E-state index in [1.54, 1.807) is 6.07 Å². The smallest absolute Gasteiger partial charge is 0.120 e. The van der Waals surface area contributed by atoms with Crippen LogP contribution in [0.4, 0.5) is 0 Å². The fourth-order valence-electron chi connectivity index (χ4n) is 2.71. The van der Waals surface area contributed by atoms with Crippen LogP contribution in [0.2, 0.25) is 5.02 Å². The van der Waals surface area contributed by atoms with Crippen LogP contribution >= 0.6 is 11.6 Å². The molecule has 0 amide bonds. The van der Waals surface area contributed by atoms with Crippen molar-refractivity contribution >= 4 is 11.6 Å². The third-order valence-corrected chi connectivity index (χ3v) is 4.30. The number of aromatic hydroxyl groups is 1. The van der Waals surface area contributed by atoms with E-state index in [1.807, 2.05) is 30.3 Å². The minimum Gasteiger partial charge on any atom is -0.508 e. The summed E-state index contributed by atoms with van der Waals surface area (Å²) in [4.78, 5) is 0. The van der Waals surface area contributed by atoms with Gasteiger partial charge in [-0.3, -0.25) is 0 Å². The van der Waals surface area contributed by atoms with E-state index >= 15 is 0 Å². The van der Waals surface area contributed by atoms with Crippen LogP contribution in [0.3, 0.4) is 0 Å². The van der Waals surface area contributed by atoms with Gasteiger partial charge in [-0.2, -0.15) is 0 Å². The highest BCUT2D eigenvalue weighted by Crippen LogP contribution is 2.37. The van der Waals surface area contributed by atoms with Gasteiger partial charge in [-0.05, 0) is 42.5 Å². The molecule has 20 heavy (non-hydrogen) atoms. The number of rotatable bonds is 4. The molecule has 0 aromatic heterocycles. The average molecular weight is 288 g/mol. The second-order valence-corrected chi connectivity index (χ2v) is 5.86. The van der Waals surface area contributed by atoms with Crippen LogP contribution in [-0.4, -0.2) is 11.1 Å². The molecular weight excluding hydrogens is 270 g/mol. The summed E-state index contributed by atoms with van der Waals surface area (Å²) in [5.74, 6) is 1.00. The SMILES string of the molecule is Oc1ccccc1CNC1CC(c2ccc(Cl)cc2)C1. The van der Waals surface area contributed by atoms with Crippen LogP contribution in [-0.2, 0) is 6.54 Å². The molecule has 2 nitrogen and oxygen atoms in total. The Kier molecular flexibility index (Phi) is 3.95. The number of hydrogen-bond donors (Lipinski definition) is 2. The molecule has 1 aliphatic rings. The van der Waals surface area contributed by atoms with Crippen molar-refractivity contribution in [3.8, 4) is 5.75 Å². The van der Waals surface area contributed by atoms with Crippen LogP contribution in [0, 0.1) is 0 Å². The molecule has 0 aliphatic heterocycles. The summed E-state index contributed by atoms with van der Waals surface area (Å²) in [5, 5.41) is 14.0. The molecule has 1 aliphatic carbocycles. The van der Waals surface area contributed by atoms with Crippen LogP contribution in [0.5, 0.6) is 5.75 Å². The molecule has 0 heterocycles. The molecule has 0 unspecified atom stereocenters. The minimum absolute atomic E-state index is 0.369.